The molecule has 0 unspecified atom stereocenters. The van der Waals surface area contributed by atoms with Crippen LogP contribution in [0, 0.1) is 5.92 Å². The summed E-state index contributed by atoms with van der Waals surface area (Å²) in [5.74, 6) is -0.410. The van der Waals surface area contributed by atoms with Gasteiger partial charge in [0.25, 0.3) is 0 Å². The van der Waals surface area contributed by atoms with Gasteiger partial charge in [-0.2, -0.15) is 0 Å². The van der Waals surface area contributed by atoms with Crippen molar-refractivity contribution < 1.29 is 39.9 Å². The number of aliphatic hydroxyl groups excluding tert-OH is 4. The lowest BCUT2D eigenvalue weighted by Gasteiger charge is -2.44. The van der Waals surface area contributed by atoms with Crippen LogP contribution >= 0.6 is 24.2 Å². The number of amides is 1. The van der Waals surface area contributed by atoms with Crippen molar-refractivity contribution in [3.05, 3.63) is 0 Å². The molecule has 2 saturated heterocycles. The first kappa shape index (κ1) is 45.3. The van der Waals surface area contributed by atoms with Gasteiger partial charge < -0.3 is 35.6 Å². The Hall–Kier alpha value is -0.660. The highest BCUT2D eigenvalue weighted by Gasteiger charge is 2.48. The molecule has 0 saturated carbocycles. The van der Waals surface area contributed by atoms with E-state index in [9.17, 15) is 30.0 Å². The minimum Gasteiger partial charge on any atom is -0.481 e. The maximum absolute atomic E-state index is 12.8. The number of hydrogen-bond donors (Lipinski definition) is 6. The van der Waals surface area contributed by atoms with Gasteiger partial charge in [-0.3, -0.25) is 14.5 Å². The Balaban J connectivity index is 0.000000936. The van der Waals surface area contributed by atoms with Crippen molar-refractivity contribution in [2.75, 3.05) is 19.8 Å². The second-order valence-electron chi connectivity index (χ2n) is 13.2. The number of aliphatic carboxylic acids is 1. The Morgan fingerprint density at radius 1 is 0.870 bits per heavy atom. The zero-order chi connectivity index (χ0) is 33.8. The van der Waals surface area contributed by atoms with Crippen molar-refractivity contribution in [2.45, 2.75) is 178 Å². The molecule has 6 N–H and O–H groups in total. The molecule has 0 radical (unpaired) electrons. The monoisotopic (exact) mass is 698 g/mol. The van der Waals surface area contributed by atoms with E-state index in [1.165, 1.54) is 89.3 Å². The van der Waals surface area contributed by atoms with Crippen LogP contribution in [0.1, 0.15) is 130 Å². The Morgan fingerprint density at radius 3 is 1.85 bits per heavy atom. The van der Waals surface area contributed by atoms with Crippen LogP contribution in [-0.4, -0.2) is 110 Å². The van der Waals surface area contributed by atoms with E-state index in [1.807, 2.05) is 11.9 Å². The van der Waals surface area contributed by atoms with Gasteiger partial charge in [-0.15, -0.1) is 24.2 Å². The maximum atomic E-state index is 12.8. The van der Waals surface area contributed by atoms with Gasteiger partial charge in [0.2, 0.25) is 5.91 Å². The third kappa shape index (κ3) is 17.1. The van der Waals surface area contributed by atoms with Crippen LogP contribution < -0.4 is 5.32 Å². The fraction of sp³-hybridized carbons (Fsp3) is 0.941. The molecule has 2 aliphatic rings. The van der Waals surface area contributed by atoms with E-state index in [0.717, 1.165) is 38.6 Å². The van der Waals surface area contributed by atoms with Gasteiger partial charge in [0.05, 0.1) is 18.2 Å². The molecule has 0 aromatic heterocycles. The van der Waals surface area contributed by atoms with Crippen molar-refractivity contribution in [3.8, 4) is 0 Å². The number of likely N-dealkylation sites (tertiary alicyclic amines) is 1. The van der Waals surface area contributed by atoms with Crippen LogP contribution in [0.5, 0.6) is 0 Å². The highest BCUT2D eigenvalue weighted by Crippen LogP contribution is 2.30. The fourth-order valence-corrected chi connectivity index (χ4v) is 7.11. The number of likely N-dealkylation sites (N-methyl/N-ethyl adjacent to an activating group) is 1. The summed E-state index contributed by atoms with van der Waals surface area (Å²) >= 11 is 1.20. The van der Waals surface area contributed by atoms with Gasteiger partial charge in [0.15, 0.2) is 0 Å². The molecule has 274 valence electrons. The van der Waals surface area contributed by atoms with Crippen LogP contribution in [0.3, 0.4) is 0 Å². The van der Waals surface area contributed by atoms with Gasteiger partial charge in [-0.25, -0.2) is 0 Å². The number of nitrogens with zero attached hydrogens (tertiary/aromatic N) is 1. The molecule has 2 fully saturated rings. The summed E-state index contributed by atoms with van der Waals surface area (Å²) < 4.78 is 5.72. The molecule has 0 aromatic carbocycles. The average Bonchev–Trinajstić information content (AvgIpc) is 3.37. The SMILES string of the molecule is CCCCCCCCCCCCCCCC(=O)O.CCC[C@@H]1C[C@@H](C(=O)N[C@@H]([C@H]2O[C@H](SC)[C@H](O)[C@@H](O)[C@H]2O)[C@@H](C)O)N(C)C1.Cl. The lowest BCUT2D eigenvalue weighted by atomic mass is 9.92. The van der Waals surface area contributed by atoms with Crippen molar-refractivity contribution in [3.63, 3.8) is 0 Å². The molecule has 1 amide bonds. The number of thioether (sulfide) groups is 1. The summed E-state index contributed by atoms with van der Waals surface area (Å²) in [6.07, 6.45) is 15.8. The Kier molecular flexibility index (Phi) is 25.9. The summed E-state index contributed by atoms with van der Waals surface area (Å²) in [5.41, 5.74) is -0.755. The molecule has 0 bridgehead atoms. The number of hydrogen-bond acceptors (Lipinski definition) is 9. The summed E-state index contributed by atoms with van der Waals surface area (Å²) in [7, 11) is 1.91. The lowest BCUT2D eigenvalue weighted by Crippen LogP contribution is -2.65. The van der Waals surface area contributed by atoms with Crippen molar-refractivity contribution in [2.24, 2.45) is 5.92 Å². The van der Waals surface area contributed by atoms with Crippen LogP contribution in [0.25, 0.3) is 0 Å². The first-order valence-corrected chi connectivity index (χ1v) is 18.9. The van der Waals surface area contributed by atoms with E-state index in [0.29, 0.717) is 12.3 Å². The van der Waals surface area contributed by atoms with Gasteiger partial charge in [-0.05, 0) is 45.4 Å². The molecule has 12 heteroatoms. The van der Waals surface area contributed by atoms with Gasteiger partial charge in [-0.1, -0.05) is 97.3 Å². The average molecular weight is 699 g/mol. The topological polar surface area (TPSA) is 160 Å². The molecule has 0 aliphatic carbocycles. The Bertz CT molecular complexity index is 796. The Labute approximate surface area is 289 Å². The van der Waals surface area contributed by atoms with Crippen LogP contribution in [0.15, 0.2) is 0 Å². The fourth-order valence-electron chi connectivity index (χ4n) is 6.43. The highest BCUT2D eigenvalue weighted by atomic mass is 35.5. The molecular weight excluding hydrogens is 632 g/mol. The quantitative estimate of drug-likeness (QED) is 0.0889. The third-order valence-corrected chi connectivity index (χ3v) is 10.0. The van der Waals surface area contributed by atoms with E-state index in [-0.39, 0.29) is 24.4 Å². The van der Waals surface area contributed by atoms with E-state index in [1.54, 1.807) is 6.26 Å². The summed E-state index contributed by atoms with van der Waals surface area (Å²) in [4.78, 5) is 25.2. The van der Waals surface area contributed by atoms with Crippen LogP contribution in [0.4, 0.5) is 0 Å². The van der Waals surface area contributed by atoms with Crippen LogP contribution in [0.2, 0.25) is 0 Å². The maximum Gasteiger partial charge on any atom is 0.303 e. The number of halogens is 1. The van der Waals surface area contributed by atoms with Gasteiger partial charge >= 0.3 is 5.97 Å². The smallest absolute Gasteiger partial charge is 0.303 e. The predicted molar refractivity (Wildman–Crippen MR) is 188 cm³/mol. The summed E-state index contributed by atoms with van der Waals surface area (Å²) in [6.45, 7) is 6.75. The summed E-state index contributed by atoms with van der Waals surface area (Å²) in [5, 5.41) is 52.0. The van der Waals surface area contributed by atoms with Crippen LogP contribution in [-0.2, 0) is 14.3 Å². The Morgan fingerprint density at radius 2 is 1.39 bits per heavy atom. The molecule has 2 rings (SSSR count). The number of ether oxygens (including phenoxy) is 1. The lowest BCUT2D eigenvalue weighted by molar-refractivity contribution is -0.211. The van der Waals surface area contributed by atoms with Crippen molar-refractivity contribution in [1.29, 1.82) is 0 Å². The molecule has 2 aliphatic heterocycles. The first-order valence-electron chi connectivity index (χ1n) is 17.6. The first-order chi connectivity index (χ1) is 21.5. The number of rotatable bonds is 21. The molecule has 10 nitrogen and oxygen atoms in total. The van der Waals surface area contributed by atoms with Gasteiger partial charge in [0.1, 0.15) is 29.9 Å². The number of unbranched alkanes of at least 4 members (excludes halogenated alkanes) is 12. The number of carbonyl (C=O) groups excluding carboxylic acids is 1. The van der Waals surface area contributed by atoms with E-state index in [4.69, 9.17) is 9.84 Å². The second kappa shape index (κ2) is 26.2. The van der Waals surface area contributed by atoms with Gasteiger partial charge in [0, 0.05) is 13.0 Å². The normalized spacial score (nSPS) is 27.6. The number of carboxylic acids is 1. The standard InChI is InChI=1S/C18H34N2O6S.C16H32O2.ClH/c1-5-6-10-7-11(20(3)8-10)17(25)19-12(9(2)21)16-14(23)13(22)15(24)18(26-16)27-4;1-2-3-4-5-6-7-8-9-10-11-12-13-14-15-16(17)18;/h9-16,18,21-24H,5-8H2,1-4H3,(H,19,25);2-15H2,1H3,(H,17,18);1H/t9-,10-,11+,12-,13+,14-,15-,16-,18-;;/m1../s1. The van der Waals surface area contributed by atoms with Crippen molar-refractivity contribution >= 4 is 36.0 Å². The summed E-state index contributed by atoms with van der Waals surface area (Å²) in [6, 6.07) is -1.20. The number of carbonyl (C=O) groups is 2. The zero-order valence-electron chi connectivity index (χ0n) is 29.1. The predicted octanol–water partition coefficient (Wildman–Crippen LogP) is 5.12. The molecule has 0 aromatic rings. The number of nitrogens with one attached hydrogen (secondary N) is 1. The number of aliphatic hydroxyl groups is 4. The minimum atomic E-state index is -1.42. The molecular formula is C34H67ClN2O8S. The van der Waals surface area contributed by atoms with E-state index >= 15 is 0 Å². The molecule has 0 spiro atoms. The minimum absolute atomic E-state index is 0. The second-order valence-corrected chi connectivity index (χ2v) is 14.1. The highest BCUT2D eigenvalue weighted by molar-refractivity contribution is 7.99. The molecule has 9 atom stereocenters. The third-order valence-electron chi connectivity index (χ3n) is 9.15. The molecule has 2 heterocycles. The van der Waals surface area contributed by atoms with Crippen molar-refractivity contribution in [1.82, 2.24) is 10.2 Å². The molecule has 46 heavy (non-hydrogen) atoms. The van der Waals surface area contributed by atoms with E-state index < -0.39 is 48.0 Å². The van der Waals surface area contributed by atoms with E-state index in [2.05, 4.69) is 19.2 Å². The zero-order valence-corrected chi connectivity index (χ0v) is 30.8. The number of carboxylic acid groups (broad SMARTS) is 1. The largest absolute Gasteiger partial charge is 0.481 e.